The van der Waals surface area contributed by atoms with E-state index in [2.05, 4.69) is 19.1 Å². The normalized spacial score (nSPS) is 15.3. The molecule has 2 atom stereocenters. The summed E-state index contributed by atoms with van der Waals surface area (Å²) in [4.78, 5) is 0. The molecule has 0 bridgehead atoms. The largest absolute Gasteiger partial charge is 0.393 e. The van der Waals surface area contributed by atoms with Crippen molar-refractivity contribution in [3.8, 4) is 0 Å². The van der Waals surface area contributed by atoms with Gasteiger partial charge in [-0.05, 0) is 18.4 Å². The Morgan fingerprint density at radius 2 is 1.69 bits per heavy atom. The molecule has 72 valence electrons. The van der Waals surface area contributed by atoms with Gasteiger partial charge in [0.25, 0.3) is 0 Å². The molecule has 0 saturated heterocycles. The quantitative estimate of drug-likeness (QED) is 0.751. The minimum Gasteiger partial charge on any atom is -0.393 e. The second-order valence-corrected chi connectivity index (χ2v) is 3.40. The number of benzene rings is 1. The molecule has 0 aromatic heterocycles. The van der Waals surface area contributed by atoms with Crippen LogP contribution in [0.3, 0.4) is 0 Å². The third kappa shape index (κ3) is 2.56. The topological polar surface area (TPSA) is 20.2 Å². The van der Waals surface area contributed by atoms with Crippen LogP contribution in [0.15, 0.2) is 30.3 Å². The van der Waals surface area contributed by atoms with Gasteiger partial charge in [0.1, 0.15) is 0 Å². The first-order valence-corrected chi connectivity index (χ1v) is 5.02. The van der Waals surface area contributed by atoms with Gasteiger partial charge in [0, 0.05) is 5.92 Å². The van der Waals surface area contributed by atoms with Crippen molar-refractivity contribution in [1.29, 1.82) is 0 Å². The van der Waals surface area contributed by atoms with E-state index in [1.54, 1.807) is 0 Å². The molecule has 0 saturated carbocycles. The maximum atomic E-state index is 9.77. The Bertz CT molecular complexity index is 230. The van der Waals surface area contributed by atoms with Crippen molar-refractivity contribution in [3.05, 3.63) is 35.9 Å². The Hall–Kier alpha value is -0.820. The van der Waals surface area contributed by atoms with E-state index >= 15 is 0 Å². The molecule has 2 unspecified atom stereocenters. The number of aliphatic hydroxyl groups excluding tert-OH is 1. The van der Waals surface area contributed by atoms with Crippen LogP contribution in [0, 0.1) is 0 Å². The second-order valence-electron chi connectivity index (χ2n) is 3.40. The van der Waals surface area contributed by atoms with Crippen LogP contribution >= 0.6 is 0 Å². The monoisotopic (exact) mass is 178 g/mol. The van der Waals surface area contributed by atoms with Gasteiger partial charge in [-0.15, -0.1) is 0 Å². The fourth-order valence-corrected chi connectivity index (χ4v) is 1.71. The molecule has 1 aromatic carbocycles. The lowest BCUT2D eigenvalue weighted by Crippen LogP contribution is -2.16. The molecule has 1 rings (SSSR count). The first-order valence-electron chi connectivity index (χ1n) is 5.02. The summed E-state index contributed by atoms with van der Waals surface area (Å²) >= 11 is 0. The maximum absolute atomic E-state index is 9.77. The lowest BCUT2D eigenvalue weighted by atomic mass is 9.90. The van der Waals surface area contributed by atoms with Crippen LogP contribution < -0.4 is 0 Å². The van der Waals surface area contributed by atoms with E-state index in [9.17, 15) is 5.11 Å². The van der Waals surface area contributed by atoms with E-state index in [4.69, 9.17) is 0 Å². The molecule has 0 radical (unpaired) electrons. The minimum absolute atomic E-state index is 0.201. The number of hydrogen-bond acceptors (Lipinski definition) is 1. The van der Waals surface area contributed by atoms with Crippen molar-refractivity contribution in [3.63, 3.8) is 0 Å². The highest BCUT2D eigenvalue weighted by molar-refractivity contribution is 5.20. The number of aliphatic hydroxyl groups is 1. The molecule has 0 spiro atoms. The van der Waals surface area contributed by atoms with E-state index in [0.29, 0.717) is 5.92 Å². The third-order valence-corrected chi connectivity index (χ3v) is 2.55. The first-order chi connectivity index (χ1) is 6.29. The SMILES string of the molecule is CCC(O)C(CC)c1ccccc1. The molecule has 0 aliphatic rings. The van der Waals surface area contributed by atoms with Crippen molar-refractivity contribution in [1.82, 2.24) is 0 Å². The zero-order valence-corrected chi connectivity index (χ0v) is 8.40. The molecule has 1 heteroatoms. The Labute approximate surface area is 80.4 Å². The fourth-order valence-electron chi connectivity index (χ4n) is 1.71. The summed E-state index contributed by atoms with van der Waals surface area (Å²) in [6.07, 6.45) is 1.62. The maximum Gasteiger partial charge on any atom is 0.0606 e. The van der Waals surface area contributed by atoms with Gasteiger partial charge in [0.15, 0.2) is 0 Å². The average molecular weight is 178 g/mol. The molecule has 13 heavy (non-hydrogen) atoms. The van der Waals surface area contributed by atoms with E-state index in [-0.39, 0.29) is 6.10 Å². The van der Waals surface area contributed by atoms with Crippen LogP contribution in [0.2, 0.25) is 0 Å². The van der Waals surface area contributed by atoms with Gasteiger partial charge in [-0.25, -0.2) is 0 Å². The van der Waals surface area contributed by atoms with Crippen molar-refractivity contribution in [2.24, 2.45) is 0 Å². The Kier molecular flexibility index (Phi) is 3.97. The van der Waals surface area contributed by atoms with Gasteiger partial charge in [0.2, 0.25) is 0 Å². The summed E-state index contributed by atoms with van der Waals surface area (Å²) < 4.78 is 0. The van der Waals surface area contributed by atoms with Crippen LogP contribution in [0.1, 0.15) is 38.2 Å². The molecule has 0 fully saturated rings. The standard InChI is InChI=1S/C12H18O/c1-3-11(12(13)4-2)10-8-6-5-7-9-10/h5-9,11-13H,3-4H2,1-2H3. The van der Waals surface area contributed by atoms with E-state index < -0.39 is 0 Å². The minimum atomic E-state index is -0.201. The molecular weight excluding hydrogens is 160 g/mol. The Balaban J connectivity index is 2.78. The molecule has 1 nitrogen and oxygen atoms in total. The van der Waals surface area contributed by atoms with E-state index in [1.165, 1.54) is 5.56 Å². The van der Waals surface area contributed by atoms with Gasteiger partial charge in [0.05, 0.1) is 6.10 Å². The van der Waals surface area contributed by atoms with E-state index in [0.717, 1.165) is 12.8 Å². The summed E-state index contributed by atoms with van der Waals surface area (Å²) in [5.74, 6) is 0.297. The molecule has 1 aromatic rings. The molecular formula is C12H18O. The van der Waals surface area contributed by atoms with Crippen molar-refractivity contribution >= 4 is 0 Å². The molecule has 1 N–H and O–H groups in total. The molecule has 0 aliphatic heterocycles. The van der Waals surface area contributed by atoms with Crippen molar-refractivity contribution < 1.29 is 5.11 Å². The smallest absolute Gasteiger partial charge is 0.0606 e. The average Bonchev–Trinajstić information content (AvgIpc) is 2.20. The molecule has 0 amide bonds. The number of rotatable bonds is 4. The lowest BCUT2D eigenvalue weighted by Gasteiger charge is -2.20. The highest BCUT2D eigenvalue weighted by Crippen LogP contribution is 2.24. The zero-order valence-electron chi connectivity index (χ0n) is 8.40. The predicted octanol–water partition coefficient (Wildman–Crippen LogP) is 2.95. The molecule has 0 heterocycles. The fraction of sp³-hybridized carbons (Fsp3) is 0.500. The molecule has 0 aliphatic carbocycles. The van der Waals surface area contributed by atoms with Crippen LogP contribution in [-0.4, -0.2) is 11.2 Å². The second kappa shape index (κ2) is 5.03. The van der Waals surface area contributed by atoms with Gasteiger partial charge in [-0.3, -0.25) is 0 Å². The van der Waals surface area contributed by atoms with Crippen LogP contribution in [0.4, 0.5) is 0 Å². The van der Waals surface area contributed by atoms with Crippen molar-refractivity contribution in [2.75, 3.05) is 0 Å². The van der Waals surface area contributed by atoms with E-state index in [1.807, 2.05) is 25.1 Å². The predicted molar refractivity (Wildman–Crippen MR) is 55.8 cm³/mol. The Morgan fingerprint density at radius 3 is 2.15 bits per heavy atom. The van der Waals surface area contributed by atoms with Crippen LogP contribution in [-0.2, 0) is 0 Å². The Morgan fingerprint density at radius 1 is 1.08 bits per heavy atom. The number of hydrogen-bond donors (Lipinski definition) is 1. The summed E-state index contributed by atoms with van der Waals surface area (Å²) in [7, 11) is 0. The van der Waals surface area contributed by atoms with Crippen molar-refractivity contribution in [2.45, 2.75) is 38.7 Å². The zero-order chi connectivity index (χ0) is 9.68. The van der Waals surface area contributed by atoms with Crippen LogP contribution in [0.25, 0.3) is 0 Å². The third-order valence-electron chi connectivity index (χ3n) is 2.55. The summed E-state index contributed by atoms with van der Waals surface area (Å²) in [5, 5.41) is 9.77. The van der Waals surface area contributed by atoms with Gasteiger partial charge in [-0.1, -0.05) is 44.2 Å². The highest BCUT2D eigenvalue weighted by atomic mass is 16.3. The van der Waals surface area contributed by atoms with Crippen LogP contribution in [0.5, 0.6) is 0 Å². The summed E-state index contributed by atoms with van der Waals surface area (Å²) in [6, 6.07) is 10.2. The summed E-state index contributed by atoms with van der Waals surface area (Å²) in [6.45, 7) is 4.15. The van der Waals surface area contributed by atoms with Gasteiger partial charge in [-0.2, -0.15) is 0 Å². The summed E-state index contributed by atoms with van der Waals surface area (Å²) in [5.41, 5.74) is 1.25. The highest BCUT2D eigenvalue weighted by Gasteiger charge is 2.16. The lowest BCUT2D eigenvalue weighted by molar-refractivity contribution is 0.136. The van der Waals surface area contributed by atoms with Gasteiger partial charge < -0.3 is 5.11 Å². The van der Waals surface area contributed by atoms with Gasteiger partial charge >= 0.3 is 0 Å². The first kappa shape index (κ1) is 10.3.